The van der Waals surface area contributed by atoms with Crippen LogP contribution in [0.3, 0.4) is 0 Å². The molecule has 1 heteroatoms. The van der Waals surface area contributed by atoms with E-state index >= 15 is 0 Å². The fourth-order valence-electron chi connectivity index (χ4n) is 3.33. The zero-order chi connectivity index (χ0) is 13.7. The van der Waals surface area contributed by atoms with Gasteiger partial charge >= 0.3 is 0 Å². The van der Waals surface area contributed by atoms with Gasteiger partial charge in [-0.1, -0.05) is 57.5 Å². The first-order valence-corrected chi connectivity index (χ1v) is 8.01. The Morgan fingerprint density at radius 1 is 1.05 bits per heavy atom. The highest BCUT2D eigenvalue weighted by Crippen LogP contribution is 2.30. The molecule has 1 N–H and O–H groups in total. The van der Waals surface area contributed by atoms with Crippen LogP contribution in [0.4, 0.5) is 0 Å². The fraction of sp³-hybridized carbons (Fsp3) is 0.667. The Morgan fingerprint density at radius 2 is 1.68 bits per heavy atom. The van der Waals surface area contributed by atoms with E-state index in [4.69, 9.17) is 0 Å². The molecule has 0 amide bonds. The highest BCUT2D eigenvalue weighted by atomic mass is 15.0. The Morgan fingerprint density at radius 3 is 2.21 bits per heavy atom. The van der Waals surface area contributed by atoms with Gasteiger partial charge in [0.1, 0.15) is 0 Å². The number of hydrogen-bond donors (Lipinski definition) is 1. The third kappa shape index (κ3) is 4.07. The van der Waals surface area contributed by atoms with E-state index in [0.29, 0.717) is 12.0 Å². The Hall–Kier alpha value is -0.820. The molecule has 2 rings (SSSR count). The van der Waals surface area contributed by atoms with Crippen molar-refractivity contribution in [1.82, 2.24) is 5.32 Å². The largest absolute Gasteiger partial charge is 0.307 e. The molecule has 1 aliphatic carbocycles. The van der Waals surface area contributed by atoms with Gasteiger partial charge < -0.3 is 5.32 Å². The summed E-state index contributed by atoms with van der Waals surface area (Å²) in [6.07, 6.45) is 6.89. The highest BCUT2D eigenvalue weighted by Gasteiger charge is 2.24. The number of hydrogen-bond acceptors (Lipinski definition) is 1. The summed E-state index contributed by atoms with van der Waals surface area (Å²) < 4.78 is 0. The van der Waals surface area contributed by atoms with E-state index in [-0.39, 0.29) is 0 Å². The fourth-order valence-corrected chi connectivity index (χ4v) is 3.33. The minimum absolute atomic E-state index is 0.504. The Kier molecular flexibility index (Phi) is 5.45. The lowest BCUT2D eigenvalue weighted by Crippen LogP contribution is -2.38. The molecule has 1 aromatic rings. The van der Waals surface area contributed by atoms with E-state index < -0.39 is 0 Å². The first kappa shape index (κ1) is 14.6. The van der Waals surface area contributed by atoms with Gasteiger partial charge in [-0.15, -0.1) is 0 Å². The number of benzene rings is 1. The molecule has 0 spiro atoms. The monoisotopic (exact) mass is 259 g/mol. The average Bonchev–Trinajstić information content (AvgIpc) is 2.46. The molecule has 1 nitrogen and oxygen atoms in total. The van der Waals surface area contributed by atoms with Crippen LogP contribution >= 0.6 is 0 Å². The van der Waals surface area contributed by atoms with Crippen molar-refractivity contribution >= 4 is 0 Å². The predicted molar refractivity (Wildman–Crippen MR) is 83.2 cm³/mol. The second-order valence-corrected chi connectivity index (χ2v) is 6.42. The minimum atomic E-state index is 0.504. The molecule has 0 heterocycles. The molecular weight excluding hydrogens is 230 g/mol. The summed E-state index contributed by atoms with van der Waals surface area (Å²) in [5.74, 6) is 1.62. The topological polar surface area (TPSA) is 12.0 Å². The van der Waals surface area contributed by atoms with E-state index in [1.54, 1.807) is 0 Å². The second-order valence-electron chi connectivity index (χ2n) is 6.42. The molecule has 1 saturated carbocycles. The van der Waals surface area contributed by atoms with Crippen LogP contribution < -0.4 is 5.32 Å². The van der Waals surface area contributed by atoms with Crippen molar-refractivity contribution in [3.8, 4) is 0 Å². The minimum Gasteiger partial charge on any atom is -0.307 e. The Bertz CT molecular complexity index is 349. The summed E-state index contributed by atoms with van der Waals surface area (Å²) in [6.45, 7) is 6.98. The molecule has 106 valence electrons. The zero-order valence-electron chi connectivity index (χ0n) is 12.7. The quantitative estimate of drug-likeness (QED) is 0.789. The van der Waals surface area contributed by atoms with Gasteiger partial charge in [-0.2, -0.15) is 0 Å². The van der Waals surface area contributed by atoms with Crippen molar-refractivity contribution in [2.24, 2.45) is 11.8 Å². The molecule has 0 saturated heterocycles. The molecule has 0 aromatic heterocycles. The van der Waals surface area contributed by atoms with Crippen LogP contribution in [0.1, 0.15) is 64.5 Å². The van der Waals surface area contributed by atoms with Crippen LogP contribution in [0.25, 0.3) is 0 Å². The summed E-state index contributed by atoms with van der Waals surface area (Å²) in [5.41, 5.74) is 1.44. The third-order valence-corrected chi connectivity index (χ3v) is 4.66. The SMILES string of the molecule is CCC1CCC(NC(c2ccccc2)C(C)C)CC1. The first-order chi connectivity index (χ1) is 9.20. The molecule has 0 bridgehead atoms. The van der Waals surface area contributed by atoms with Gasteiger partial charge in [0, 0.05) is 12.1 Å². The molecule has 1 aromatic carbocycles. The van der Waals surface area contributed by atoms with Crippen LogP contribution in [0.5, 0.6) is 0 Å². The van der Waals surface area contributed by atoms with Gasteiger partial charge in [-0.3, -0.25) is 0 Å². The summed E-state index contributed by atoms with van der Waals surface area (Å²) in [7, 11) is 0. The van der Waals surface area contributed by atoms with E-state index in [0.717, 1.165) is 12.0 Å². The van der Waals surface area contributed by atoms with Gasteiger partial charge in [0.25, 0.3) is 0 Å². The molecule has 1 fully saturated rings. The van der Waals surface area contributed by atoms with E-state index in [1.165, 1.54) is 37.7 Å². The number of nitrogens with one attached hydrogen (secondary N) is 1. The number of rotatable bonds is 5. The normalized spacial score (nSPS) is 25.5. The van der Waals surface area contributed by atoms with E-state index in [1.807, 2.05) is 0 Å². The van der Waals surface area contributed by atoms with Crippen LogP contribution in [-0.2, 0) is 0 Å². The van der Waals surface area contributed by atoms with Crippen molar-refractivity contribution in [1.29, 1.82) is 0 Å². The van der Waals surface area contributed by atoms with Gasteiger partial charge in [0.15, 0.2) is 0 Å². The molecule has 19 heavy (non-hydrogen) atoms. The highest BCUT2D eigenvalue weighted by molar-refractivity contribution is 5.19. The maximum Gasteiger partial charge on any atom is 0.0345 e. The van der Waals surface area contributed by atoms with Gasteiger partial charge in [-0.25, -0.2) is 0 Å². The Labute approximate surface area is 118 Å². The zero-order valence-corrected chi connectivity index (χ0v) is 12.7. The molecule has 0 radical (unpaired) electrons. The first-order valence-electron chi connectivity index (χ1n) is 8.01. The standard InChI is InChI=1S/C18H29N/c1-4-15-10-12-17(13-11-15)19-18(14(2)3)16-8-6-5-7-9-16/h5-9,14-15,17-19H,4,10-13H2,1-3H3. The van der Waals surface area contributed by atoms with Gasteiger partial charge in [-0.05, 0) is 43.1 Å². The van der Waals surface area contributed by atoms with Crippen molar-refractivity contribution in [2.45, 2.75) is 65.0 Å². The second kappa shape index (κ2) is 7.09. The lowest BCUT2D eigenvalue weighted by atomic mass is 9.83. The molecule has 0 aliphatic heterocycles. The summed E-state index contributed by atoms with van der Waals surface area (Å²) in [6, 6.07) is 12.2. The van der Waals surface area contributed by atoms with Crippen molar-refractivity contribution in [2.75, 3.05) is 0 Å². The summed E-state index contributed by atoms with van der Waals surface area (Å²) >= 11 is 0. The smallest absolute Gasteiger partial charge is 0.0345 e. The lowest BCUT2D eigenvalue weighted by Gasteiger charge is -2.33. The molecule has 1 unspecified atom stereocenters. The van der Waals surface area contributed by atoms with E-state index in [9.17, 15) is 0 Å². The maximum atomic E-state index is 3.92. The van der Waals surface area contributed by atoms with Crippen LogP contribution in [0, 0.1) is 11.8 Å². The van der Waals surface area contributed by atoms with Crippen molar-refractivity contribution in [3.63, 3.8) is 0 Å². The Balaban J connectivity index is 1.95. The maximum absolute atomic E-state index is 3.92. The third-order valence-electron chi connectivity index (χ3n) is 4.66. The van der Waals surface area contributed by atoms with Gasteiger partial charge in [0.05, 0.1) is 0 Å². The summed E-state index contributed by atoms with van der Waals surface area (Å²) in [5, 5.41) is 3.92. The lowest BCUT2D eigenvalue weighted by molar-refractivity contribution is 0.251. The molecular formula is C18H29N. The molecule has 1 aliphatic rings. The predicted octanol–water partition coefficient (Wildman–Crippen LogP) is 4.94. The van der Waals surface area contributed by atoms with Crippen LogP contribution in [0.15, 0.2) is 30.3 Å². The van der Waals surface area contributed by atoms with Crippen LogP contribution in [0.2, 0.25) is 0 Å². The van der Waals surface area contributed by atoms with Gasteiger partial charge in [0.2, 0.25) is 0 Å². The molecule has 1 atom stereocenters. The van der Waals surface area contributed by atoms with Crippen molar-refractivity contribution < 1.29 is 0 Å². The summed E-state index contributed by atoms with van der Waals surface area (Å²) in [4.78, 5) is 0. The average molecular weight is 259 g/mol. The van der Waals surface area contributed by atoms with Crippen molar-refractivity contribution in [3.05, 3.63) is 35.9 Å². The van der Waals surface area contributed by atoms with E-state index in [2.05, 4.69) is 56.4 Å². The van der Waals surface area contributed by atoms with Crippen LogP contribution in [-0.4, -0.2) is 6.04 Å².